The van der Waals surface area contributed by atoms with Gasteiger partial charge in [-0.15, -0.1) is 0 Å². The van der Waals surface area contributed by atoms with Gasteiger partial charge in [-0.05, 0) is 35.7 Å². The van der Waals surface area contributed by atoms with Crippen LogP contribution in [0.2, 0.25) is 0 Å². The van der Waals surface area contributed by atoms with E-state index in [0.717, 1.165) is 30.2 Å². The maximum atomic E-state index is 12.8. The van der Waals surface area contributed by atoms with Gasteiger partial charge in [-0.1, -0.05) is 44.2 Å². The second-order valence-electron chi connectivity index (χ2n) is 8.21. The van der Waals surface area contributed by atoms with E-state index in [4.69, 9.17) is 4.74 Å². The number of nitrogens with zero attached hydrogens (tertiary/aromatic N) is 2. The Hall–Kier alpha value is -2.86. The van der Waals surface area contributed by atoms with Gasteiger partial charge in [-0.2, -0.15) is 0 Å². The van der Waals surface area contributed by atoms with Crippen LogP contribution in [0.3, 0.4) is 0 Å². The van der Waals surface area contributed by atoms with E-state index in [1.54, 1.807) is 11.9 Å². The minimum Gasteiger partial charge on any atom is -0.457 e. The van der Waals surface area contributed by atoms with Crippen LogP contribution >= 0.6 is 0 Å². The number of nitrogens with one attached hydrogen (secondary N) is 1. The van der Waals surface area contributed by atoms with Crippen LogP contribution in [-0.2, 0) is 16.1 Å². The van der Waals surface area contributed by atoms with Crippen LogP contribution in [0.4, 0.5) is 0 Å². The van der Waals surface area contributed by atoms with Crippen LogP contribution in [-0.4, -0.2) is 54.3 Å². The zero-order valence-electron chi connectivity index (χ0n) is 18.0. The van der Waals surface area contributed by atoms with Gasteiger partial charge < -0.3 is 15.0 Å². The Morgan fingerprint density at radius 2 is 1.80 bits per heavy atom. The van der Waals surface area contributed by atoms with E-state index in [1.165, 1.54) is 0 Å². The van der Waals surface area contributed by atoms with E-state index in [0.29, 0.717) is 19.0 Å². The Balaban J connectivity index is 1.56. The van der Waals surface area contributed by atoms with Gasteiger partial charge in [-0.25, -0.2) is 0 Å². The molecular formula is C24H31N3O3. The molecule has 1 aliphatic rings. The summed E-state index contributed by atoms with van der Waals surface area (Å²) in [5.41, 5.74) is 1.01. The summed E-state index contributed by atoms with van der Waals surface area (Å²) in [5, 5.41) is 2.89. The third kappa shape index (κ3) is 6.07. The number of piperazine rings is 1. The fourth-order valence-corrected chi connectivity index (χ4v) is 3.64. The summed E-state index contributed by atoms with van der Waals surface area (Å²) in [6.07, 6.45) is 0.199. The van der Waals surface area contributed by atoms with Gasteiger partial charge in [0.1, 0.15) is 11.5 Å². The molecule has 0 saturated carbocycles. The lowest BCUT2D eigenvalue weighted by Crippen LogP contribution is -2.57. The van der Waals surface area contributed by atoms with Crippen molar-refractivity contribution in [1.29, 1.82) is 0 Å². The van der Waals surface area contributed by atoms with Crippen LogP contribution < -0.4 is 10.1 Å². The summed E-state index contributed by atoms with van der Waals surface area (Å²) in [7, 11) is 1.78. The van der Waals surface area contributed by atoms with Gasteiger partial charge in [0.25, 0.3) is 0 Å². The van der Waals surface area contributed by atoms with E-state index in [-0.39, 0.29) is 18.2 Å². The second kappa shape index (κ2) is 10.3. The van der Waals surface area contributed by atoms with Crippen LogP contribution in [0, 0.1) is 5.92 Å². The zero-order valence-corrected chi connectivity index (χ0v) is 18.0. The number of carbonyl (C=O) groups excluding carboxylic acids is 2. The molecule has 1 aliphatic heterocycles. The molecule has 0 aromatic heterocycles. The number of carbonyl (C=O) groups is 2. The fraction of sp³-hybridized carbons (Fsp3) is 0.417. The van der Waals surface area contributed by atoms with Gasteiger partial charge >= 0.3 is 0 Å². The molecule has 1 atom stereocenters. The summed E-state index contributed by atoms with van der Waals surface area (Å²) >= 11 is 0. The van der Waals surface area contributed by atoms with E-state index in [1.807, 2.05) is 54.6 Å². The Morgan fingerprint density at radius 1 is 1.13 bits per heavy atom. The molecule has 0 spiro atoms. The van der Waals surface area contributed by atoms with Gasteiger partial charge in [0.15, 0.2) is 0 Å². The summed E-state index contributed by atoms with van der Waals surface area (Å²) in [5.74, 6) is 1.90. The Labute approximate surface area is 178 Å². The lowest BCUT2D eigenvalue weighted by Gasteiger charge is -2.36. The molecule has 1 N–H and O–H groups in total. The first-order valence-corrected chi connectivity index (χ1v) is 10.5. The molecule has 0 unspecified atom stereocenters. The third-order valence-electron chi connectivity index (χ3n) is 5.16. The van der Waals surface area contributed by atoms with Crippen molar-refractivity contribution in [3.63, 3.8) is 0 Å². The number of hydrogen-bond donors (Lipinski definition) is 1. The number of rotatable bonds is 8. The van der Waals surface area contributed by atoms with Crippen molar-refractivity contribution in [2.45, 2.75) is 32.9 Å². The normalized spacial score (nSPS) is 16.9. The predicted octanol–water partition coefficient (Wildman–Crippen LogP) is 3.28. The maximum absolute atomic E-state index is 12.8. The molecule has 1 fully saturated rings. The topological polar surface area (TPSA) is 61.9 Å². The average Bonchev–Trinajstić information content (AvgIpc) is 2.72. The molecule has 1 saturated heterocycles. The Bertz CT molecular complexity index is 837. The maximum Gasteiger partial charge on any atom is 0.237 e. The molecule has 0 bridgehead atoms. The van der Waals surface area contributed by atoms with Gasteiger partial charge in [0, 0.05) is 33.2 Å². The number of amides is 2. The SMILES string of the molecule is CC(C)CN1CCNC(=O)[C@@H]1CC(=O)N(C)Cc1ccc(Oc2ccccc2)cc1. The second-order valence-corrected chi connectivity index (χ2v) is 8.21. The van der Waals surface area contributed by atoms with E-state index in [2.05, 4.69) is 24.1 Å². The molecule has 2 aromatic rings. The highest BCUT2D eigenvalue weighted by atomic mass is 16.5. The monoisotopic (exact) mass is 409 g/mol. The smallest absolute Gasteiger partial charge is 0.237 e. The predicted molar refractivity (Wildman–Crippen MR) is 117 cm³/mol. The lowest BCUT2D eigenvalue weighted by atomic mass is 10.1. The first-order chi connectivity index (χ1) is 14.4. The summed E-state index contributed by atoms with van der Waals surface area (Å²) in [6.45, 7) is 6.99. The molecule has 2 amide bonds. The highest BCUT2D eigenvalue weighted by Gasteiger charge is 2.32. The Morgan fingerprint density at radius 3 is 2.47 bits per heavy atom. The summed E-state index contributed by atoms with van der Waals surface area (Å²) in [4.78, 5) is 29.0. The molecule has 6 nitrogen and oxygen atoms in total. The number of hydrogen-bond acceptors (Lipinski definition) is 4. The first kappa shape index (κ1) is 21.8. The van der Waals surface area contributed by atoms with Crippen molar-refractivity contribution in [3.8, 4) is 11.5 Å². The Kier molecular flexibility index (Phi) is 7.46. The molecule has 0 aliphatic carbocycles. The largest absolute Gasteiger partial charge is 0.457 e. The molecule has 0 radical (unpaired) electrons. The quantitative estimate of drug-likeness (QED) is 0.727. The highest BCUT2D eigenvalue weighted by molar-refractivity contribution is 5.88. The summed E-state index contributed by atoms with van der Waals surface area (Å²) in [6, 6.07) is 17.0. The summed E-state index contributed by atoms with van der Waals surface area (Å²) < 4.78 is 5.81. The molecule has 2 aromatic carbocycles. The van der Waals surface area contributed by atoms with Crippen molar-refractivity contribution in [1.82, 2.24) is 15.1 Å². The van der Waals surface area contributed by atoms with Crippen LogP contribution in [0.1, 0.15) is 25.8 Å². The minimum absolute atomic E-state index is 0.0320. The van der Waals surface area contributed by atoms with Crippen molar-refractivity contribution in [3.05, 3.63) is 60.2 Å². The van der Waals surface area contributed by atoms with Crippen LogP contribution in [0.5, 0.6) is 11.5 Å². The minimum atomic E-state index is -0.391. The molecule has 3 rings (SSSR count). The lowest BCUT2D eigenvalue weighted by molar-refractivity contribution is -0.138. The number of ether oxygens (including phenoxy) is 1. The van der Waals surface area contributed by atoms with Crippen molar-refractivity contribution in [2.75, 3.05) is 26.7 Å². The molecule has 6 heteroatoms. The van der Waals surface area contributed by atoms with E-state index in [9.17, 15) is 9.59 Å². The van der Waals surface area contributed by atoms with Crippen molar-refractivity contribution in [2.24, 2.45) is 5.92 Å². The highest BCUT2D eigenvalue weighted by Crippen LogP contribution is 2.22. The average molecular weight is 410 g/mol. The van der Waals surface area contributed by atoms with Gasteiger partial charge in [-0.3, -0.25) is 14.5 Å². The first-order valence-electron chi connectivity index (χ1n) is 10.5. The molecular weight excluding hydrogens is 378 g/mol. The molecule has 160 valence electrons. The van der Waals surface area contributed by atoms with Crippen LogP contribution in [0.25, 0.3) is 0 Å². The number of para-hydroxylation sites is 1. The van der Waals surface area contributed by atoms with Crippen molar-refractivity contribution < 1.29 is 14.3 Å². The third-order valence-corrected chi connectivity index (χ3v) is 5.16. The van der Waals surface area contributed by atoms with E-state index >= 15 is 0 Å². The number of benzene rings is 2. The van der Waals surface area contributed by atoms with E-state index < -0.39 is 6.04 Å². The fourth-order valence-electron chi connectivity index (χ4n) is 3.64. The van der Waals surface area contributed by atoms with Crippen LogP contribution in [0.15, 0.2) is 54.6 Å². The van der Waals surface area contributed by atoms with Gasteiger partial charge in [0.05, 0.1) is 12.5 Å². The molecule has 30 heavy (non-hydrogen) atoms. The zero-order chi connectivity index (χ0) is 21.5. The van der Waals surface area contributed by atoms with Crippen molar-refractivity contribution >= 4 is 11.8 Å². The molecule has 1 heterocycles. The standard InChI is InChI=1S/C24H31N3O3/c1-18(2)16-27-14-13-25-24(29)22(27)15-23(28)26(3)17-19-9-11-21(12-10-19)30-20-7-5-4-6-8-20/h4-12,18,22H,13-17H2,1-3H3,(H,25,29)/t22-/m0/s1. The van der Waals surface area contributed by atoms with Gasteiger partial charge in [0.2, 0.25) is 11.8 Å².